The fraction of sp³-hybridized carbons (Fsp3) is 0.476. The Hall–Kier alpha value is -2.43. The van der Waals surface area contributed by atoms with E-state index < -0.39 is 0 Å². The van der Waals surface area contributed by atoms with Crippen LogP contribution in [0.3, 0.4) is 0 Å². The second-order valence-electron chi connectivity index (χ2n) is 7.83. The first kappa shape index (κ1) is 15.8. The van der Waals surface area contributed by atoms with Crippen molar-refractivity contribution in [1.82, 2.24) is 15.3 Å². The molecule has 1 aromatic heterocycles. The van der Waals surface area contributed by atoms with Crippen LogP contribution in [0.15, 0.2) is 36.7 Å². The van der Waals surface area contributed by atoms with Crippen molar-refractivity contribution < 1.29 is 4.79 Å². The summed E-state index contributed by atoms with van der Waals surface area (Å²) in [6.07, 6.45) is 7.91. The molecular formula is C21H24N4O. The standard InChI is InChI=1S/C21H24N4O/c26-20(21(10-11-21)15-5-2-1-3-6-15)24-16-9-12-25(13-16)19-17-7-4-8-18(17)22-14-23-19/h1-3,5-6,14,16H,4,7-13H2,(H,24,26). The number of aromatic nitrogens is 2. The van der Waals surface area contributed by atoms with E-state index in [9.17, 15) is 4.79 Å². The number of nitrogens with one attached hydrogen (secondary N) is 1. The predicted molar refractivity (Wildman–Crippen MR) is 100 cm³/mol. The minimum Gasteiger partial charge on any atom is -0.354 e. The predicted octanol–water partition coefficient (Wildman–Crippen LogP) is 2.39. The van der Waals surface area contributed by atoms with Crippen LogP contribution in [-0.2, 0) is 23.1 Å². The summed E-state index contributed by atoms with van der Waals surface area (Å²) in [6, 6.07) is 10.4. The molecule has 1 aliphatic heterocycles. The Morgan fingerprint density at radius 3 is 2.81 bits per heavy atom. The van der Waals surface area contributed by atoms with Crippen molar-refractivity contribution in [1.29, 1.82) is 0 Å². The fourth-order valence-electron chi connectivity index (χ4n) is 4.54. The second kappa shape index (κ2) is 6.08. The number of hydrogen-bond acceptors (Lipinski definition) is 4. The largest absolute Gasteiger partial charge is 0.354 e. The van der Waals surface area contributed by atoms with E-state index in [1.165, 1.54) is 17.7 Å². The van der Waals surface area contributed by atoms with Crippen molar-refractivity contribution in [2.24, 2.45) is 0 Å². The minimum absolute atomic E-state index is 0.198. The number of carbonyl (C=O) groups excluding carboxylic acids is 1. The molecule has 1 aromatic carbocycles. The molecule has 0 radical (unpaired) electrons. The summed E-state index contributed by atoms with van der Waals surface area (Å²) in [7, 11) is 0. The van der Waals surface area contributed by atoms with E-state index in [0.29, 0.717) is 0 Å². The Labute approximate surface area is 153 Å². The van der Waals surface area contributed by atoms with Gasteiger partial charge in [-0.25, -0.2) is 9.97 Å². The minimum atomic E-state index is -0.287. The molecule has 0 bridgehead atoms. The number of benzene rings is 1. The maximum absolute atomic E-state index is 13.0. The first-order valence-electron chi connectivity index (χ1n) is 9.70. The molecule has 2 aliphatic carbocycles. The zero-order chi connectivity index (χ0) is 17.6. The lowest BCUT2D eigenvalue weighted by Crippen LogP contribution is -2.43. The average Bonchev–Trinajstić information content (AvgIpc) is 3.12. The maximum atomic E-state index is 13.0. The molecule has 1 saturated carbocycles. The lowest BCUT2D eigenvalue weighted by Gasteiger charge is -2.22. The smallest absolute Gasteiger partial charge is 0.230 e. The number of amides is 1. The molecule has 5 heteroatoms. The Kier molecular flexibility index (Phi) is 3.69. The fourth-order valence-corrected chi connectivity index (χ4v) is 4.54. The SMILES string of the molecule is O=C(NC1CCN(c2ncnc3c2CCC3)C1)C1(c2ccccc2)CC1. The van der Waals surface area contributed by atoms with Crippen LogP contribution in [0.5, 0.6) is 0 Å². The van der Waals surface area contributed by atoms with Gasteiger partial charge in [0.25, 0.3) is 0 Å². The molecule has 5 rings (SSSR count). The van der Waals surface area contributed by atoms with Gasteiger partial charge in [-0.2, -0.15) is 0 Å². The Morgan fingerprint density at radius 2 is 2.00 bits per heavy atom. The first-order chi connectivity index (χ1) is 12.8. The van der Waals surface area contributed by atoms with Gasteiger partial charge in [0.05, 0.1) is 5.41 Å². The third-order valence-corrected chi connectivity index (χ3v) is 6.19. The number of carbonyl (C=O) groups is 1. The van der Waals surface area contributed by atoms with E-state index in [0.717, 1.165) is 56.6 Å². The summed E-state index contributed by atoms with van der Waals surface area (Å²) < 4.78 is 0. The topological polar surface area (TPSA) is 58.1 Å². The number of rotatable bonds is 4. The summed E-state index contributed by atoms with van der Waals surface area (Å²) in [6.45, 7) is 1.80. The maximum Gasteiger partial charge on any atom is 0.230 e. The monoisotopic (exact) mass is 348 g/mol. The van der Waals surface area contributed by atoms with Gasteiger partial charge in [-0.05, 0) is 44.1 Å². The summed E-state index contributed by atoms with van der Waals surface area (Å²) >= 11 is 0. The average molecular weight is 348 g/mol. The Morgan fingerprint density at radius 1 is 1.15 bits per heavy atom. The molecule has 2 fully saturated rings. The summed E-state index contributed by atoms with van der Waals surface area (Å²) in [5.74, 6) is 1.29. The lowest BCUT2D eigenvalue weighted by molar-refractivity contribution is -0.124. The zero-order valence-corrected chi connectivity index (χ0v) is 14.9. The number of nitrogens with zero attached hydrogens (tertiary/aromatic N) is 3. The molecule has 26 heavy (non-hydrogen) atoms. The number of hydrogen-bond donors (Lipinski definition) is 1. The van der Waals surface area contributed by atoms with Crippen LogP contribution in [-0.4, -0.2) is 35.0 Å². The van der Waals surface area contributed by atoms with Crippen LogP contribution < -0.4 is 10.2 Å². The van der Waals surface area contributed by atoms with E-state index in [-0.39, 0.29) is 17.4 Å². The summed E-state index contributed by atoms with van der Waals surface area (Å²) in [5.41, 5.74) is 3.40. The van der Waals surface area contributed by atoms with E-state index in [2.05, 4.69) is 32.3 Å². The highest BCUT2D eigenvalue weighted by atomic mass is 16.2. The molecular weight excluding hydrogens is 324 g/mol. The summed E-state index contributed by atoms with van der Waals surface area (Å²) in [4.78, 5) is 24.3. The first-order valence-corrected chi connectivity index (χ1v) is 9.70. The third kappa shape index (κ3) is 2.57. The number of fused-ring (bicyclic) bond motifs is 1. The van der Waals surface area contributed by atoms with Crippen LogP contribution in [0.4, 0.5) is 5.82 Å². The highest BCUT2D eigenvalue weighted by Gasteiger charge is 2.51. The van der Waals surface area contributed by atoms with Crippen molar-refractivity contribution in [3.05, 3.63) is 53.5 Å². The van der Waals surface area contributed by atoms with Crippen molar-refractivity contribution in [2.75, 3.05) is 18.0 Å². The van der Waals surface area contributed by atoms with Gasteiger partial charge in [0.1, 0.15) is 12.1 Å². The molecule has 1 unspecified atom stereocenters. The van der Waals surface area contributed by atoms with Gasteiger partial charge in [0.15, 0.2) is 0 Å². The third-order valence-electron chi connectivity index (χ3n) is 6.19. The van der Waals surface area contributed by atoms with E-state index >= 15 is 0 Å². The van der Waals surface area contributed by atoms with Crippen LogP contribution in [0.25, 0.3) is 0 Å². The van der Waals surface area contributed by atoms with Crippen LogP contribution in [0.2, 0.25) is 0 Å². The molecule has 0 spiro atoms. The van der Waals surface area contributed by atoms with Crippen molar-refractivity contribution in [2.45, 2.75) is 50.0 Å². The van der Waals surface area contributed by atoms with Crippen LogP contribution >= 0.6 is 0 Å². The second-order valence-corrected chi connectivity index (χ2v) is 7.83. The Bertz CT molecular complexity index is 831. The van der Waals surface area contributed by atoms with Crippen molar-refractivity contribution >= 4 is 11.7 Å². The highest BCUT2D eigenvalue weighted by Crippen LogP contribution is 2.48. The van der Waals surface area contributed by atoms with E-state index in [1.807, 2.05) is 18.2 Å². The molecule has 1 atom stereocenters. The number of anilines is 1. The quantitative estimate of drug-likeness (QED) is 0.922. The molecule has 1 N–H and O–H groups in total. The van der Waals surface area contributed by atoms with Gasteiger partial charge in [0.2, 0.25) is 5.91 Å². The van der Waals surface area contributed by atoms with Crippen LogP contribution in [0.1, 0.15) is 42.5 Å². The van der Waals surface area contributed by atoms with Gasteiger partial charge in [-0.3, -0.25) is 4.79 Å². The highest BCUT2D eigenvalue weighted by molar-refractivity contribution is 5.91. The van der Waals surface area contributed by atoms with Gasteiger partial charge >= 0.3 is 0 Å². The molecule has 134 valence electrons. The van der Waals surface area contributed by atoms with Gasteiger partial charge in [-0.1, -0.05) is 30.3 Å². The van der Waals surface area contributed by atoms with Crippen molar-refractivity contribution in [3.8, 4) is 0 Å². The molecule has 3 aliphatic rings. The van der Waals surface area contributed by atoms with Gasteiger partial charge in [0, 0.05) is 30.4 Å². The zero-order valence-electron chi connectivity index (χ0n) is 14.9. The van der Waals surface area contributed by atoms with Gasteiger partial charge in [-0.15, -0.1) is 0 Å². The normalized spacial score (nSPS) is 22.9. The van der Waals surface area contributed by atoms with Gasteiger partial charge < -0.3 is 10.2 Å². The van der Waals surface area contributed by atoms with Crippen molar-refractivity contribution in [3.63, 3.8) is 0 Å². The molecule has 1 saturated heterocycles. The van der Waals surface area contributed by atoms with Crippen LogP contribution in [0, 0.1) is 0 Å². The Balaban J connectivity index is 1.28. The van der Waals surface area contributed by atoms with E-state index in [4.69, 9.17) is 0 Å². The molecule has 5 nitrogen and oxygen atoms in total. The lowest BCUT2D eigenvalue weighted by atomic mass is 9.94. The molecule has 2 heterocycles. The molecule has 1 amide bonds. The number of aryl methyl sites for hydroxylation is 1. The van der Waals surface area contributed by atoms with E-state index in [1.54, 1.807) is 6.33 Å². The summed E-state index contributed by atoms with van der Waals surface area (Å²) in [5, 5.41) is 3.32. The molecule has 2 aromatic rings.